The predicted octanol–water partition coefficient (Wildman–Crippen LogP) is 0.495. The third kappa shape index (κ3) is 1.65. The Kier molecular flexibility index (Phi) is 2.63. The minimum atomic E-state index is -0.644. The molecule has 6 nitrogen and oxygen atoms in total. The van der Waals surface area contributed by atoms with E-state index in [1.165, 1.54) is 18.7 Å². The molecule has 0 saturated heterocycles. The molecule has 0 atom stereocenters. The molecular weight excluding hydrogens is 210 g/mol. The number of ether oxygens (including phenoxy) is 1. The number of fused-ring (bicyclic) bond motifs is 1. The lowest BCUT2D eigenvalue weighted by Crippen LogP contribution is -2.18. The molecule has 6 heteroatoms. The molecule has 0 saturated carbocycles. The predicted molar refractivity (Wildman–Crippen MR) is 56.1 cm³/mol. The van der Waals surface area contributed by atoms with E-state index in [1.807, 2.05) is 0 Å². The van der Waals surface area contributed by atoms with Gasteiger partial charge in [0.15, 0.2) is 0 Å². The number of aromatic amines is 1. The number of carbonyl (C=O) groups excluding carboxylic acids is 1. The first-order chi connectivity index (χ1) is 7.74. The van der Waals surface area contributed by atoms with Crippen LogP contribution >= 0.6 is 0 Å². The van der Waals surface area contributed by atoms with Crippen molar-refractivity contribution in [3.63, 3.8) is 0 Å². The topological polar surface area (TPSA) is 84.9 Å². The van der Waals surface area contributed by atoms with Crippen molar-refractivity contribution in [2.75, 3.05) is 6.61 Å². The van der Waals surface area contributed by atoms with Gasteiger partial charge >= 0.3 is 5.97 Å². The second kappa shape index (κ2) is 4.09. The number of H-pyrrole nitrogens is 1. The van der Waals surface area contributed by atoms with E-state index in [1.54, 1.807) is 6.92 Å². The van der Waals surface area contributed by atoms with E-state index in [0.29, 0.717) is 5.65 Å². The second-order valence-corrected chi connectivity index (χ2v) is 3.04. The lowest BCUT2D eigenvalue weighted by atomic mass is 10.2. The summed E-state index contributed by atoms with van der Waals surface area (Å²) in [5, 5.41) is 0.271. The second-order valence-electron chi connectivity index (χ2n) is 3.04. The molecule has 0 bridgehead atoms. The molecular formula is C10H9N3O3. The van der Waals surface area contributed by atoms with Crippen LogP contribution in [0.5, 0.6) is 0 Å². The van der Waals surface area contributed by atoms with Crippen LogP contribution < -0.4 is 5.43 Å². The van der Waals surface area contributed by atoms with E-state index < -0.39 is 11.4 Å². The van der Waals surface area contributed by atoms with Gasteiger partial charge in [-0.05, 0) is 6.92 Å². The lowest BCUT2D eigenvalue weighted by molar-refractivity contribution is 0.0524. The van der Waals surface area contributed by atoms with Gasteiger partial charge in [-0.15, -0.1) is 0 Å². The van der Waals surface area contributed by atoms with Crippen LogP contribution in [0.1, 0.15) is 17.3 Å². The van der Waals surface area contributed by atoms with E-state index in [-0.39, 0.29) is 17.6 Å². The van der Waals surface area contributed by atoms with Crippen molar-refractivity contribution >= 4 is 17.0 Å². The fraction of sp³-hybridized carbons (Fsp3) is 0.200. The molecule has 0 amide bonds. The van der Waals surface area contributed by atoms with Crippen LogP contribution in [-0.2, 0) is 4.74 Å². The van der Waals surface area contributed by atoms with Crippen molar-refractivity contribution < 1.29 is 9.53 Å². The minimum absolute atomic E-state index is 0.0378. The smallest absolute Gasteiger partial charge is 0.343 e. The van der Waals surface area contributed by atoms with Crippen LogP contribution in [0.15, 0.2) is 23.5 Å². The summed E-state index contributed by atoms with van der Waals surface area (Å²) in [5.74, 6) is -0.644. The molecule has 0 fully saturated rings. The van der Waals surface area contributed by atoms with Gasteiger partial charge in [-0.2, -0.15) is 0 Å². The third-order valence-electron chi connectivity index (χ3n) is 2.05. The summed E-state index contributed by atoms with van der Waals surface area (Å²) >= 11 is 0. The molecule has 16 heavy (non-hydrogen) atoms. The van der Waals surface area contributed by atoms with Crippen molar-refractivity contribution in [2.45, 2.75) is 6.92 Å². The van der Waals surface area contributed by atoms with Crippen molar-refractivity contribution in [3.8, 4) is 0 Å². The molecule has 82 valence electrons. The normalized spacial score (nSPS) is 10.3. The summed E-state index contributed by atoms with van der Waals surface area (Å²) in [6.07, 6.45) is 3.99. The van der Waals surface area contributed by atoms with E-state index in [2.05, 4.69) is 15.0 Å². The number of pyridine rings is 1. The number of carbonyl (C=O) groups is 1. The summed E-state index contributed by atoms with van der Waals surface area (Å²) in [6, 6.07) is 0. The van der Waals surface area contributed by atoms with Gasteiger partial charge in [0.25, 0.3) is 0 Å². The molecule has 0 unspecified atom stereocenters. The summed E-state index contributed by atoms with van der Waals surface area (Å²) < 4.78 is 4.76. The summed E-state index contributed by atoms with van der Waals surface area (Å²) in [5.41, 5.74) is -0.0648. The van der Waals surface area contributed by atoms with E-state index >= 15 is 0 Å². The third-order valence-corrected chi connectivity index (χ3v) is 2.05. The number of nitrogens with one attached hydrogen (secondary N) is 1. The van der Waals surface area contributed by atoms with Gasteiger partial charge in [-0.25, -0.2) is 14.8 Å². The highest BCUT2D eigenvalue weighted by molar-refractivity contribution is 5.92. The van der Waals surface area contributed by atoms with Gasteiger partial charge in [-0.3, -0.25) is 4.79 Å². The number of hydrogen-bond donors (Lipinski definition) is 1. The van der Waals surface area contributed by atoms with E-state index in [4.69, 9.17) is 4.74 Å². The molecule has 1 N–H and O–H groups in total. The van der Waals surface area contributed by atoms with E-state index in [0.717, 1.165) is 0 Å². The maximum atomic E-state index is 11.8. The van der Waals surface area contributed by atoms with Gasteiger partial charge in [-0.1, -0.05) is 0 Å². The molecule has 0 aromatic carbocycles. The molecule has 0 aliphatic heterocycles. The minimum Gasteiger partial charge on any atom is -0.462 e. The van der Waals surface area contributed by atoms with Crippen molar-refractivity contribution in [2.24, 2.45) is 0 Å². The number of rotatable bonds is 2. The maximum Gasteiger partial charge on any atom is 0.343 e. The molecule has 2 heterocycles. The van der Waals surface area contributed by atoms with Gasteiger partial charge in [0.1, 0.15) is 17.5 Å². The zero-order chi connectivity index (χ0) is 11.5. The Morgan fingerprint density at radius 3 is 3.12 bits per heavy atom. The Morgan fingerprint density at radius 1 is 1.56 bits per heavy atom. The summed E-state index contributed by atoms with van der Waals surface area (Å²) in [4.78, 5) is 33.6. The van der Waals surface area contributed by atoms with Crippen molar-refractivity contribution in [3.05, 3.63) is 34.5 Å². The number of hydrogen-bond acceptors (Lipinski definition) is 5. The van der Waals surface area contributed by atoms with Gasteiger partial charge in [0.05, 0.1) is 12.0 Å². The highest BCUT2D eigenvalue weighted by Crippen LogP contribution is 2.03. The first kappa shape index (κ1) is 10.3. The van der Waals surface area contributed by atoms with Crippen LogP contribution in [0.2, 0.25) is 0 Å². The first-order valence-corrected chi connectivity index (χ1v) is 4.72. The largest absolute Gasteiger partial charge is 0.462 e. The maximum absolute atomic E-state index is 11.8. The highest BCUT2D eigenvalue weighted by atomic mass is 16.5. The number of aromatic nitrogens is 3. The first-order valence-electron chi connectivity index (χ1n) is 4.72. The van der Waals surface area contributed by atoms with Crippen molar-refractivity contribution in [1.82, 2.24) is 15.0 Å². The molecule has 2 aromatic rings. The highest BCUT2D eigenvalue weighted by Gasteiger charge is 2.13. The Labute approximate surface area is 90.3 Å². The molecule has 0 radical (unpaired) electrons. The molecule has 0 aliphatic rings. The molecule has 2 rings (SSSR count). The van der Waals surface area contributed by atoms with Crippen LogP contribution in [0.3, 0.4) is 0 Å². The Morgan fingerprint density at radius 2 is 2.38 bits per heavy atom. The van der Waals surface area contributed by atoms with Crippen LogP contribution in [-0.4, -0.2) is 27.5 Å². The van der Waals surface area contributed by atoms with E-state index in [9.17, 15) is 9.59 Å². The Balaban J connectivity index is 2.61. The average Bonchev–Trinajstić information content (AvgIpc) is 2.30. The SMILES string of the molecule is CCOC(=O)c1c[nH]c2ncncc2c1=O. The number of nitrogens with zero attached hydrogens (tertiary/aromatic N) is 2. The Hall–Kier alpha value is -2.24. The lowest BCUT2D eigenvalue weighted by Gasteiger charge is -2.01. The van der Waals surface area contributed by atoms with Crippen molar-refractivity contribution in [1.29, 1.82) is 0 Å². The zero-order valence-corrected chi connectivity index (χ0v) is 8.56. The average molecular weight is 219 g/mol. The van der Waals surface area contributed by atoms with Gasteiger partial charge < -0.3 is 9.72 Å². The van der Waals surface area contributed by atoms with Crippen LogP contribution in [0.4, 0.5) is 0 Å². The molecule has 0 aliphatic carbocycles. The fourth-order valence-electron chi connectivity index (χ4n) is 1.32. The standard InChI is InChI=1S/C10H9N3O3/c1-2-16-10(15)7-4-12-9-6(8(7)14)3-11-5-13-9/h3-5H,2H2,1H3,(H,11,12,13,14). The molecule has 0 spiro atoms. The zero-order valence-electron chi connectivity index (χ0n) is 8.56. The fourth-order valence-corrected chi connectivity index (χ4v) is 1.32. The summed E-state index contributed by atoms with van der Waals surface area (Å²) in [6.45, 7) is 1.90. The molecule has 2 aromatic heterocycles. The quantitative estimate of drug-likeness (QED) is 0.743. The monoisotopic (exact) mass is 219 g/mol. The van der Waals surface area contributed by atoms with Gasteiger partial charge in [0, 0.05) is 12.4 Å². The van der Waals surface area contributed by atoms with Gasteiger partial charge in [0.2, 0.25) is 5.43 Å². The summed E-state index contributed by atoms with van der Waals surface area (Å²) in [7, 11) is 0. The Bertz CT molecular complexity index is 591. The van der Waals surface area contributed by atoms with Crippen LogP contribution in [0, 0.1) is 0 Å². The number of esters is 1. The van der Waals surface area contributed by atoms with Crippen LogP contribution in [0.25, 0.3) is 11.0 Å².